The topological polar surface area (TPSA) is 87.9 Å². The first-order valence-electron chi connectivity index (χ1n) is 7.81. The Kier molecular flexibility index (Phi) is 4.91. The van der Waals surface area contributed by atoms with Crippen molar-refractivity contribution in [1.82, 2.24) is 10.5 Å². The Morgan fingerprint density at radius 1 is 1.07 bits per heavy atom. The minimum absolute atomic E-state index is 0.0637. The van der Waals surface area contributed by atoms with Crippen molar-refractivity contribution in [1.29, 1.82) is 0 Å². The second-order valence-electron chi connectivity index (χ2n) is 5.72. The summed E-state index contributed by atoms with van der Waals surface area (Å²) >= 11 is 0. The SMILES string of the molecule is NC(=O)CN1NN(Cc2ccccc2OC(F)(F)F)c2ccccc2C1=O. The Hall–Kier alpha value is -3.27. The zero-order valence-electron chi connectivity index (χ0n) is 13.9. The molecule has 0 fully saturated rings. The molecule has 3 rings (SSSR count). The highest BCUT2D eigenvalue weighted by atomic mass is 19.4. The Morgan fingerprint density at radius 3 is 2.44 bits per heavy atom. The molecule has 2 aromatic rings. The number of hydrogen-bond donors (Lipinski definition) is 2. The maximum atomic E-state index is 12.6. The van der Waals surface area contributed by atoms with Crippen LogP contribution in [0.15, 0.2) is 48.5 Å². The monoisotopic (exact) mass is 380 g/mol. The summed E-state index contributed by atoms with van der Waals surface area (Å²) < 4.78 is 42.0. The molecule has 0 bridgehead atoms. The summed E-state index contributed by atoms with van der Waals surface area (Å²) in [5, 5.41) is 2.44. The summed E-state index contributed by atoms with van der Waals surface area (Å²) in [7, 11) is 0. The summed E-state index contributed by atoms with van der Waals surface area (Å²) in [6, 6.07) is 12.2. The van der Waals surface area contributed by atoms with Crippen LogP contribution in [0.25, 0.3) is 0 Å². The van der Waals surface area contributed by atoms with Gasteiger partial charge in [-0.05, 0) is 18.2 Å². The predicted octanol–water partition coefficient (Wildman–Crippen LogP) is 1.95. The van der Waals surface area contributed by atoms with Gasteiger partial charge in [0.15, 0.2) is 0 Å². The maximum absolute atomic E-state index is 12.6. The van der Waals surface area contributed by atoms with Crippen LogP contribution in [-0.2, 0) is 11.3 Å². The van der Waals surface area contributed by atoms with E-state index in [4.69, 9.17) is 5.73 Å². The van der Waals surface area contributed by atoms with Crippen molar-refractivity contribution in [3.05, 3.63) is 59.7 Å². The second kappa shape index (κ2) is 7.16. The number of para-hydroxylation sites is 2. The van der Waals surface area contributed by atoms with Crippen LogP contribution in [0.1, 0.15) is 15.9 Å². The van der Waals surface area contributed by atoms with Crippen molar-refractivity contribution >= 4 is 17.5 Å². The Bertz CT molecular complexity index is 872. The zero-order valence-corrected chi connectivity index (χ0v) is 13.9. The summed E-state index contributed by atoms with van der Waals surface area (Å²) in [5.41, 5.74) is 8.83. The van der Waals surface area contributed by atoms with E-state index in [1.807, 2.05) is 0 Å². The molecule has 2 amide bonds. The van der Waals surface area contributed by atoms with Gasteiger partial charge in [0.2, 0.25) is 5.91 Å². The summed E-state index contributed by atoms with van der Waals surface area (Å²) in [4.78, 5) is 23.7. The number of carbonyl (C=O) groups is 2. The third-order valence-corrected chi connectivity index (χ3v) is 3.75. The molecule has 1 aliphatic heterocycles. The number of primary amides is 1. The molecule has 0 atom stereocenters. The highest BCUT2D eigenvalue weighted by Gasteiger charge is 2.33. The van der Waals surface area contributed by atoms with Crippen molar-refractivity contribution in [2.75, 3.05) is 11.6 Å². The van der Waals surface area contributed by atoms with E-state index in [1.54, 1.807) is 30.3 Å². The van der Waals surface area contributed by atoms with E-state index in [0.717, 1.165) is 5.01 Å². The molecule has 0 aromatic heterocycles. The Labute approximate surface area is 152 Å². The number of ether oxygens (including phenoxy) is 1. The molecule has 7 nitrogen and oxygen atoms in total. The predicted molar refractivity (Wildman–Crippen MR) is 89.1 cm³/mol. The van der Waals surface area contributed by atoms with E-state index in [1.165, 1.54) is 23.2 Å². The van der Waals surface area contributed by atoms with Crippen LogP contribution in [0.2, 0.25) is 0 Å². The van der Waals surface area contributed by atoms with Crippen LogP contribution >= 0.6 is 0 Å². The van der Waals surface area contributed by atoms with E-state index >= 15 is 0 Å². The van der Waals surface area contributed by atoms with E-state index in [0.29, 0.717) is 5.69 Å². The van der Waals surface area contributed by atoms with E-state index in [-0.39, 0.29) is 23.4 Å². The van der Waals surface area contributed by atoms with E-state index in [9.17, 15) is 22.8 Å². The molecular formula is C17H15F3N4O3. The van der Waals surface area contributed by atoms with Crippen LogP contribution in [-0.4, -0.2) is 29.7 Å². The third-order valence-electron chi connectivity index (χ3n) is 3.75. The number of rotatable bonds is 5. The average Bonchev–Trinajstić information content (AvgIpc) is 2.59. The van der Waals surface area contributed by atoms with Crippen LogP contribution in [0.3, 0.4) is 0 Å². The number of amides is 2. The van der Waals surface area contributed by atoms with Crippen molar-refractivity contribution in [2.24, 2.45) is 5.73 Å². The first-order valence-corrected chi connectivity index (χ1v) is 7.81. The van der Waals surface area contributed by atoms with Gasteiger partial charge in [0.05, 0.1) is 17.8 Å². The van der Waals surface area contributed by atoms with Crippen molar-refractivity contribution in [3.8, 4) is 5.75 Å². The first kappa shape index (κ1) is 18.5. The molecule has 3 N–H and O–H groups in total. The molecule has 0 spiro atoms. The fourth-order valence-electron chi connectivity index (χ4n) is 2.69. The van der Waals surface area contributed by atoms with Gasteiger partial charge in [0.1, 0.15) is 12.3 Å². The standard InChI is InChI=1S/C17H15F3N4O3/c18-17(19,20)27-14-8-4-1-5-11(14)9-23-13-7-3-2-6-12(13)16(26)24(22-23)10-15(21)25/h1-8,22H,9-10H2,(H2,21,25). The lowest BCUT2D eigenvalue weighted by Crippen LogP contribution is -2.58. The average molecular weight is 380 g/mol. The number of benzene rings is 2. The zero-order chi connectivity index (χ0) is 19.6. The maximum Gasteiger partial charge on any atom is 0.573 e. The number of nitrogens with two attached hydrogens (primary N) is 1. The normalized spacial score (nSPS) is 14.1. The molecule has 0 saturated carbocycles. The highest BCUT2D eigenvalue weighted by molar-refractivity contribution is 6.02. The van der Waals surface area contributed by atoms with Crippen LogP contribution in [0, 0.1) is 0 Å². The molecular weight excluding hydrogens is 365 g/mol. The molecule has 0 unspecified atom stereocenters. The molecule has 0 aliphatic carbocycles. The molecule has 0 radical (unpaired) electrons. The second-order valence-corrected chi connectivity index (χ2v) is 5.72. The van der Waals surface area contributed by atoms with Crippen molar-refractivity contribution in [3.63, 3.8) is 0 Å². The number of fused-ring (bicyclic) bond motifs is 1. The lowest BCUT2D eigenvalue weighted by atomic mass is 10.1. The quantitative estimate of drug-likeness (QED) is 0.828. The fraction of sp³-hybridized carbons (Fsp3) is 0.176. The van der Waals surface area contributed by atoms with Gasteiger partial charge in [-0.15, -0.1) is 18.7 Å². The number of alkyl halides is 3. The number of nitrogens with one attached hydrogen (secondary N) is 1. The summed E-state index contributed by atoms with van der Waals surface area (Å²) in [6.07, 6.45) is -4.84. The molecule has 2 aromatic carbocycles. The van der Waals surface area contributed by atoms with Gasteiger partial charge in [0.25, 0.3) is 5.91 Å². The third kappa shape index (κ3) is 4.29. The number of carbonyl (C=O) groups excluding carboxylic acids is 2. The van der Waals surface area contributed by atoms with Crippen LogP contribution in [0.5, 0.6) is 5.75 Å². The lowest BCUT2D eigenvalue weighted by Gasteiger charge is -2.38. The smallest absolute Gasteiger partial charge is 0.405 e. The van der Waals surface area contributed by atoms with E-state index in [2.05, 4.69) is 10.3 Å². The molecule has 27 heavy (non-hydrogen) atoms. The minimum Gasteiger partial charge on any atom is -0.405 e. The number of hydrogen-bond acceptors (Lipinski definition) is 5. The molecule has 10 heteroatoms. The largest absolute Gasteiger partial charge is 0.573 e. The summed E-state index contributed by atoms with van der Waals surface area (Å²) in [6.45, 7) is -0.462. The van der Waals surface area contributed by atoms with E-state index < -0.39 is 24.7 Å². The minimum atomic E-state index is -4.84. The summed E-state index contributed by atoms with van der Waals surface area (Å²) in [5.74, 6) is -1.57. The molecule has 142 valence electrons. The lowest BCUT2D eigenvalue weighted by molar-refractivity contribution is -0.274. The van der Waals surface area contributed by atoms with Gasteiger partial charge in [-0.1, -0.05) is 30.3 Å². The van der Waals surface area contributed by atoms with Gasteiger partial charge in [-0.2, -0.15) is 0 Å². The van der Waals surface area contributed by atoms with Gasteiger partial charge in [-0.25, -0.2) is 5.01 Å². The molecule has 1 heterocycles. The number of anilines is 1. The Balaban J connectivity index is 1.93. The van der Waals surface area contributed by atoms with Gasteiger partial charge >= 0.3 is 6.36 Å². The number of hydrazine groups is 2. The van der Waals surface area contributed by atoms with Crippen LogP contribution < -0.4 is 21.0 Å². The van der Waals surface area contributed by atoms with Crippen molar-refractivity contribution in [2.45, 2.75) is 12.9 Å². The number of halogens is 3. The number of nitrogens with zero attached hydrogens (tertiary/aromatic N) is 2. The van der Waals surface area contributed by atoms with Gasteiger partial charge in [0, 0.05) is 5.56 Å². The van der Waals surface area contributed by atoms with Gasteiger partial charge < -0.3 is 10.5 Å². The first-order chi connectivity index (χ1) is 12.7. The van der Waals surface area contributed by atoms with Crippen LogP contribution in [0.4, 0.5) is 18.9 Å². The fourth-order valence-corrected chi connectivity index (χ4v) is 2.69. The van der Waals surface area contributed by atoms with Gasteiger partial charge in [-0.3, -0.25) is 14.6 Å². The molecule has 0 saturated heterocycles. The van der Waals surface area contributed by atoms with Crippen molar-refractivity contribution < 1.29 is 27.5 Å². The molecule has 1 aliphatic rings. The highest BCUT2D eigenvalue weighted by Crippen LogP contribution is 2.30. The Morgan fingerprint density at radius 2 is 1.74 bits per heavy atom.